The van der Waals surface area contributed by atoms with Crippen LogP contribution in [0.1, 0.15) is 30.0 Å². The van der Waals surface area contributed by atoms with Gasteiger partial charge in [-0.05, 0) is 29.5 Å². The number of hydrogen-bond donors (Lipinski definition) is 0. The quantitative estimate of drug-likeness (QED) is 0.583. The maximum Gasteiger partial charge on any atom is 0.0321 e. The fourth-order valence-corrected chi connectivity index (χ4v) is 2.77. The Balaban J connectivity index is 2.33. The Bertz CT molecular complexity index is 437. The molecular formula is C14H14. The van der Waals surface area contributed by atoms with Gasteiger partial charge in [-0.3, -0.25) is 0 Å². The summed E-state index contributed by atoms with van der Waals surface area (Å²) in [6, 6.07) is 6.66. The highest BCUT2D eigenvalue weighted by atomic mass is 14.4. The van der Waals surface area contributed by atoms with Gasteiger partial charge in [0.2, 0.25) is 0 Å². The Hall–Kier alpha value is -1.30. The van der Waals surface area contributed by atoms with E-state index in [1.165, 1.54) is 17.5 Å². The van der Waals surface area contributed by atoms with Crippen molar-refractivity contribution in [3.8, 4) is 0 Å². The molecule has 2 aliphatic carbocycles. The summed E-state index contributed by atoms with van der Waals surface area (Å²) in [5.74, 6) is 0. The molecule has 1 aromatic rings. The first-order chi connectivity index (χ1) is 6.86. The normalized spacial score (nSPS) is 26.6. The van der Waals surface area contributed by atoms with E-state index in [4.69, 9.17) is 0 Å². The molecule has 0 amide bonds. The third-order valence-electron chi connectivity index (χ3n) is 3.55. The Morgan fingerprint density at radius 1 is 1.29 bits per heavy atom. The van der Waals surface area contributed by atoms with E-state index in [0.29, 0.717) is 0 Å². The number of hydrogen-bond acceptors (Lipinski definition) is 0. The van der Waals surface area contributed by atoms with Crippen LogP contribution in [0.5, 0.6) is 0 Å². The van der Waals surface area contributed by atoms with Gasteiger partial charge in [0, 0.05) is 5.41 Å². The van der Waals surface area contributed by atoms with Crippen LogP contribution in [0.3, 0.4) is 0 Å². The average Bonchev–Trinajstić information content (AvgIpc) is 2.62. The van der Waals surface area contributed by atoms with E-state index < -0.39 is 0 Å². The lowest BCUT2D eigenvalue weighted by Gasteiger charge is -2.29. The summed E-state index contributed by atoms with van der Waals surface area (Å²) in [6.45, 7) is 2.27. The molecule has 14 heavy (non-hydrogen) atoms. The molecule has 0 spiro atoms. The zero-order chi connectivity index (χ0) is 9.60. The Morgan fingerprint density at radius 2 is 2.21 bits per heavy atom. The van der Waals surface area contributed by atoms with Gasteiger partial charge in [0.1, 0.15) is 0 Å². The van der Waals surface area contributed by atoms with E-state index in [1.807, 2.05) is 0 Å². The minimum atomic E-state index is 0.226. The Kier molecular flexibility index (Phi) is 1.49. The molecule has 0 nitrogen and oxygen atoms in total. The molecule has 1 aromatic carbocycles. The van der Waals surface area contributed by atoms with Crippen molar-refractivity contribution in [3.05, 3.63) is 53.1 Å². The Morgan fingerprint density at radius 3 is 3.07 bits per heavy atom. The minimum absolute atomic E-state index is 0.226. The summed E-state index contributed by atoms with van der Waals surface area (Å²) in [7, 11) is 0. The van der Waals surface area contributed by atoms with Gasteiger partial charge in [0.25, 0.3) is 0 Å². The van der Waals surface area contributed by atoms with Crippen LogP contribution in [0.2, 0.25) is 0 Å². The van der Waals surface area contributed by atoms with E-state index in [2.05, 4.69) is 49.4 Å². The monoisotopic (exact) mass is 182 g/mol. The average molecular weight is 182 g/mol. The fourth-order valence-electron chi connectivity index (χ4n) is 2.77. The fraction of sp³-hybridized carbons (Fsp3) is 0.286. The molecule has 0 heteroatoms. The number of rotatable bonds is 1. The number of benzene rings is 1. The van der Waals surface area contributed by atoms with Crippen LogP contribution in [-0.4, -0.2) is 0 Å². The van der Waals surface area contributed by atoms with Crippen LogP contribution >= 0.6 is 0 Å². The van der Waals surface area contributed by atoms with Crippen LogP contribution in [0.15, 0.2) is 36.4 Å². The number of allylic oxidation sites excluding steroid dienone is 3. The summed E-state index contributed by atoms with van der Waals surface area (Å²) in [6.07, 6.45) is 11.6. The maximum atomic E-state index is 2.38. The van der Waals surface area contributed by atoms with Gasteiger partial charge in [0.05, 0.1) is 0 Å². The van der Waals surface area contributed by atoms with Gasteiger partial charge < -0.3 is 0 Å². The first kappa shape index (κ1) is 8.05. The summed E-state index contributed by atoms with van der Waals surface area (Å²) >= 11 is 0. The zero-order valence-electron chi connectivity index (χ0n) is 8.46. The molecular weight excluding hydrogens is 168 g/mol. The minimum Gasteiger partial charge on any atom is -0.0829 e. The molecule has 1 unspecified atom stereocenters. The van der Waals surface area contributed by atoms with Crippen LogP contribution < -0.4 is 0 Å². The predicted molar refractivity (Wildman–Crippen MR) is 60.3 cm³/mol. The van der Waals surface area contributed by atoms with Crippen molar-refractivity contribution in [2.45, 2.75) is 25.2 Å². The van der Waals surface area contributed by atoms with Gasteiger partial charge in [-0.2, -0.15) is 0 Å². The second kappa shape index (κ2) is 2.60. The van der Waals surface area contributed by atoms with Gasteiger partial charge >= 0.3 is 0 Å². The molecule has 0 saturated heterocycles. The lowest BCUT2D eigenvalue weighted by molar-refractivity contribution is 0.635. The van der Waals surface area contributed by atoms with E-state index in [1.54, 1.807) is 5.56 Å². The molecule has 0 aliphatic heterocycles. The smallest absolute Gasteiger partial charge is 0.0321 e. The Labute approximate surface area is 85.0 Å². The molecule has 0 N–H and O–H groups in total. The van der Waals surface area contributed by atoms with Crippen molar-refractivity contribution in [2.75, 3.05) is 0 Å². The van der Waals surface area contributed by atoms with Crippen molar-refractivity contribution >= 4 is 6.08 Å². The van der Waals surface area contributed by atoms with Crippen LogP contribution in [0, 0.1) is 0 Å². The van der Waals surface area contributed by atoms with E-state index in [9.17, 15) is 0 Å². The molecule has 0 heterocycles. The first-order valence-electron chi connectivity index (χ1n) is 5.35. The van der Waals surface area contributed by atoms with Crippen molar-refractivity contribution in [1.29, 1.82) is 0 Å². The predicted octanol–water partition coefficient (Wildman–Crippen LogP) is 3.47. The molecule has 0 bridgehead atoms. The van der Waals surface area contributed by atoms with Crippen LogP contribution in [-0.2, 0) is 11.8 Å². The van der Waals surface area contributed by atoms with Crippen molar-refractivity contribution < 1.29 is 0 Å². The second-order valence-corrected chi connectivity index (χ2v) is 4.22. The summed E-state index contributed by atoms with van der Waals surface area (Å²) in [5, 5.41) is 0. The molecule has 70 valence electrons. The van der Waals surface area contributed by atoms with E-state index >= 15 is 0 Å². The maximum absolute atomic E-state index is 2.38. The van der Waals surface area contributed by atoms with E-state index in [0.717, 1.165) is 6.42 Å². The summed E-state index contributed by atoms with van der Waals surface area (Å²) in [4.78, 5) is 0. The van der Waals surface area contributed by atoms with Crippen LogP contribution in [0.4, 0.5) is 0 Å². The molecule has 0 radical (unpaired) electrons. The van der Waals surface area contributed by atoms with Crippen molar-refractivity contribution in [2.24, 2.45) is 0 Å². The SMILES string of the molecule is CCC12C=CCc3cccc(c31)C=C2. The molecule has 0 fully saturated rings. The summed E-state index contributed by atoms with van der Waals surface area (Å²) < 4.78 is 0. The van der Waals surface area contributed by atoms with Crippen molar-refractivity contribution in [1.82, 2.24) is 0 Å². The lowest BCUT2D eigenvalue weighted by Crippen LogP contribution is -2.22. The molecule has 1 atom stereocenters. The van der Waals surface area contributed by atoms with Crippen molar-refractivity contribution in [3.63, 3.8) is 0 Å². The molecule has 2 aliphatic rings. The lowest BCUT2D eigenvalue weighted by atomic mass is 9.74. The topological polar surface area (TPSA) is 0 Å². The highest BCUT2D eigenvalue weighted by Gasteiger charge is 2.34. The van der Waals surface area contributed by atoms with E-state index in [-0.39, 0.29) is 5.41 Å². The van der Waals surface area contributed by atoms with Gasteiger partial charge in [-0.15, -0.1) is 0 Å². The van der Waals surface area contributed by atoms with Gasteiger partial charge in [-0.1, -0.05) is 49.4 Å². The third-order valence-corrected chi connectivity index (χ3v) is 3.55. The second-order valence-electron chi connectivity index (χ2n) is 4.22. The summed E-state index contributed by atoms with van der Waals surface area (Å²) in [5.41, 5.74) is 4.72. The third kappa shape index (κ3) is 0.836. The van der Waals surface area contributed by atoms with Gasteiger partial charge in [-0.25, -0.2) is 0 Å². The largest absolute Gasteiger partial charge is 0.0829 e. The first-order valence-corrected chi connectivity index (χ1v) is 5.35. The highest BCUT2D eigenvalue weighted by molar-refractivity contribution is 5.70. The zero-order valence-corrected chi connectivity index (χ0v) is 8.46. The molecule has 0 aromatic heterocycles. The molecule has 0 saturated carbocycles. The molecule has 3 rings (SSSR count). The van der Waals surface area contributed by atoms with Crippen LogP contribution in [0.25, 0.3) is 6.08 Å². The standard InChI is InChI=1S/C14H14/c1-2-14-9-4-7-11-5-3-6-12(8-10-14)13(11)14/h3-6,8-10H,2,7H2,1H3. The van der Waals surface area contributed by atoms with Gasteiger partial charge in [0.15, 0.2) is 0 Å². The highest BCUT2D eigenvalue weighted by Crippen LogP contribution is 2.44.